The van der Waals surface area contributed by atoms with Crippen LogP contribution in [0.5, 0.6) is 0 Å². The van der Waals surface area contributed by atoms with E-state index >= 15 is 0 Å². The summed E-state index contributed by atoms with van der Waals surface area (Å²) in [7, 11) is 0. The van der Waals surface area contributed by atoms with Crippen LogP contribution < -0.4 is 5.73 Å². The van der Waals surface area contributed by atoms with Crippen molar-refractivity contribution in [2.45, 2.75) is 37.5 Å². The van der Waals surface area contributed by atoms with E-state index in [1.54, 1.807) is 0 Å². The highest BCUT2D eigenvalue weighted by atomic mass is 19.4. The number of hydrogen-bond donors (Lipinski definition) is 2. The van der Waals surface area contributed by atoms with Crippen molar-refractivity contribution >= 4 is 11.8 Å². The van der Waals surface area contributed by atoms with Crippen molar-refractivity contribution in [2.24, 2.45) is 5.73 Å². The predicted molar refractivity (Wildman–Crippen MR) is 55.2 cm³/mol. The van der Waals surface area contributed by atoms with E-state index in [4.69, 9.17) is 5.73 Å². The summed E-state index contributed by atoms with van der Waals surface area (Å²) in [6, 6.07) is 0. The van der Waals surface area contributed by atoms with Gasteiger partial charge in [0.2, 0.25) is 11.8 Å². The Labute approximate surface area is 102 Å². The van der Waals surface area contributed by atoms with Crippen molar-refractivity contribution in [3.05, 3.63) is 0 Å². The van der Waals surface area contributed by atoms with E-state index in [1.807, 2.05) is 0 Å². The maximum Gasteiger partial charge on any atom is 0.397 e. The lowest BCUT2D eigenvalue weighted by molar-refractivity contribution is -0.166. The van der Waals surface area contributed by atoms with Crippen molar-refractivity contribution in [3.63, 3.8) is 0 Å². The molecule has 1 fully saturated rings. The van der Waals surface area contributed by atoms with E-state index < -0.39 is 30.0 Å². The fourth-order valence-electron chi connectivity index (χ4n) is 2.08. The Bertz CT molecular complexity index is 346. The third-order valence-electron chi connectivity index (χ3n) is 2.76. The molecule has 3 N–H and O–H groups in total. The smallest absolute Gasteiger partial charge is 0.388 e. The van der Waals surface area contributed by atoms with E-state index in [1.165, 1.54) is 0 Å². The molecule has 0 spiro atoms. The van der Waals surface area contributed by atoms with Gasteiger partial charge < -0.3 is 15.7 Å². The van der Waals surface area contributed by atoms with Gasteiger partial charge >= 0.3 is 6.18 Å². The molecule has 0 radical (unpaired) electrons. The summed E-state index contributed by atoms with van der Waals surface area (Å²) in [4.78, 5) is 23.1. The summed E-state index contributed by atoms with van der Waals surface area (Å²) in [5.41, 5.74) is 3.44. The van der Waals surface area contributed by atoms with Crippen molar-refractivity contribution < 1.29 is 27.9 Å². The number of aliphatic hydroxyl groups is 1. The first-order valence-corrected chi connectivity index (χ1v) is 5.46. The molecule has 2 amide bonds. The highest BCUT2D eigenvalue weighted by Gasteiger charge is 2.39. The predicted octanol–water partition coefficient (Wildman–Crippen LogP) is 0.168. The van der Waals surface area contributed by atoms with Crippen LogP contribution in [-0.2, 0) is 9.59 Å². The molecule has 0 aromatic carbocycles. The largest absolute Gasteiger partial charge is 0.397 e. The standard InChI is InChI=1S/C10H15F3N2O3/c11-10(12,13)5-8(17)15-3-1-2-9(18,6-15)4-7(14)16/h18H,1-6H2,(H2,14,16). The highest BCUT2D eigenvalue weighted by Crippen LogP contribution is 2.27. The number of rotatable bonds is 3. The quantitative estimate of drug-likeness (QED) is 0.765. The van der Waals surface area contributed by atoms with Gasteiger partial charge in [0.1, 0.15) is 6.42 Å². The van der Waals surface area contributed by atoms with E-state index in [9.17, 15) is 27.9 Å². The van der Waals surface area contributed by atoms with Crippen LogP contribution in [-0.4, -0.2) is 46.7 Å². The summed E-state index contributed by atoms with van der Waals surface area (Å²) in [5, 5.41) is 9.98. The van der Waals surface area contributed by atoms with Crippen LogP contribution in [0.25, 0.3) is 0 Å². The van der Waals surface area contributed by atoms with Crippen LogP contribution in [0.4, 0.5) is 13.2 Å². The molecule has 0 aliphatic carbocycles. The average Bonchev–Trinajstić information content (AvgIpc) is 2.12. The minimum atomic E-state index is -4.57. The number of piperidine rings is 1. The van der Waals surface area contributed by atoms with Crippen LogP contribution in [0.1, 0.15) is 25.7 Å². The second-order valence-corrected chi connectivity index (χ2v) is 4.58. The molecule has 0 aromatic heterocycles. The molecule has 18 heavy (non-hydrogen) atoms. The van der Waals surface area contributed by atoms with Crippen molar-refractivity contribution in [1.29, 1.82) is 0 Å². The number of carbonyl (C=O) groups excluding carboxylic acids is 2. The van der Waals surface area contributed by atoms with Crippen LogP contribution in [0.3, 0.4) is 0 Å². The molecule has 1 atom stereocenters. The lowest BCUT2D eigenvalue weighted by atomic mass is 9.89. The summed E-state index contributed by atoms with van der Waals surface area (Å²) >= 11 is 0. The Balaban J connectivity index is 2.63. The molecule has 1 heterocycles. The maximum absolute atomic E-state index is 12.1. The summed E-state index contributed by atoms with van der Waals surface area (Å²) < 4.78 is 36.2. The zero-order valence-electron chi connectivity index (χ0n) is 9.66. The molecule has 0 bridgehead atoms. The number of amides is 2. The number of carbonyl (C=O) groups is 2. The van der Waals surface area contributed by atoms with Gasteiger partial charge in [0.15, 0.2) is 0 Å². The number of alkyl halides is 3. The first kappa shape index (κ1) is 14.7. The van der Waals surface area contributed by atoms with Gasteiger partial charge in [0.05, 0.1) is 12.0 Å². The molecular formula is C10H15F3N2O3. The Hall–Kier alpha value is -1.31. The molecule has 5 nitrogen and oxygen atoms in total. The number of halogens is 3. The van der Waals surface area contributed by atoms with Crippen LogP contribution in [0.2, 0.25) is 0 Å². The first-order chi connectivity index (χ1) is 8.11. The van der Waals surface area contributed by atoms with Gasteiger partial charge in [-0.15, -0.1) is 0 Å². The molecule has 1 aliphatic rings. The molecule has 104 valence electrons. The van der Waals surface area contributed by atoms with Gasteiger partial charge in [-0.25, -0.2) is 0 Å². The minimum absolute atomic E-state index is 0.149. The normalized spacial score (nSPS) is 25.0. The van der Waals surface area contributed by atoms with Gasteiger partial charge in [-0.3, -0.25) is 9.59 Å². The number of likely N-dealkylation sites (tertiary alicyclic amines) is 1. The number of nitrogens with zero attached hydrogens (tertiary/aromatic N) is 1. The van der Waals surface area contributed by atoms with Crippen molar-refractivity contribution in [3.8, 4) is 0 Å². The lowest BCUT2D eigenvalue weighted by Crippen LogP contribution is -2.52. The molecule has 1 rings (SSSR count). The molecule has 0 saturated carbocycles. The van der Waals surface area contributed by atoms with Gasteiger partial charge in [-0.2, -0.15) is 13.2 Å². The summed E-state index contributed by atoms with van der Waals surface area (Å²) in [6.07, 6.45) is -5.90. The second-order valence-electron chi connectivity index (χ2n) is 4.58. The number of hydrogen-bond acceptors (Lipinski definition) is 3. The Morgan fingerprint density at radius 1 is 1.39 bits per heavy atom. The van der Waals surface area contributed by atoms with E-state index in [-0.39, 0.29) is 25.9 Å². The van der Waals surface area contributed by atoms with Crippen LogP contribution >= 0.6 is 0 Å². The number of β-amino-alcohol motifs (C(OH)–C–C–N with tert-alkyl or cyclic N) is 1. The molecule has 1 unspecified atom stereocenters. The van der Waals surface area contributed by atoms with Gasteiger partial charge in [0, 0.05) is 13.1 Å². The molecule has 8 heteroatoms. The van der Waals surface area contributed by atoms with E-state index in [2.05, 4.69) is 0 Å². The zero-order valence-corrected chi connectivity index (χ0v) is 9.66. The fourth-order valence-corrected chi connectivity index (χ4v) is 2.08. The van der Waals surface area contributed by atoms with Crippen molar-refractivity contribution in [2.75, 3.05) is 13.1 Å². The van der Waals surface area contributed by atoms with E-state index in [0.29, 0.717) is 6.42 Å². The van der Waals surface area contributed by atoms with Crippen LogP contribution in [0.15, 0.2) is 0 Å². The molecule has 0 aromatic rings. The fraction of sp³-hybridized carbons (Fsp3) is 0.800. The average molecular weight is 268 g/mol. The third-order valence-corrected chi connectivity index (χ3v) is 2.76. The van der Waals surface area contributed by atoms with Crippen molar-refractivity contribution in [1.82, 2.24) is 4.90 Å². The second kappa shape index (κ2) is 5.13. The number of primary amides is 1. The Kier molecular flexibility index (Phi) is 4.20. The Morgan fingerprint density at radius 3 is 2.50 bits per heavy atom. The zero-order chi connectivity index (χ0) is 14.0. The highest BCUT2D eigenvalue weighted by molar-refractivity contribution is 5.78. The van der Waals surface area contributed by atoms with Gasteiger partial charge in [0.25, 0.3) is 0 Å². The van der Waals surface area contributed by atoms with E-state index in [0.717, 1.165) is 4.90 Å². The molecular weight excluding hydrogens is 253 g/mol. The minimum Gasteiger partial charge on any atom is -0.388 e. The topological polar surface area (TPSA) is 83.6 Å². The molecule has 1 aliphatic heterocycles. The van der Waals surface area contributed by atoms with Gasteiger partial charge in [-0.05, 0) is 12.8 Å². The van der Waals surface area contributed by atoms with Crippen LogP contribution in [0, 0.1) is 0 Å². The summed E-state index contributed by atoms with van der Waals surface area (Å²) in [6.45, 7) is -0.138. The number of nitrogens with two attached hydrogens (primary N) is 1. The third kappa shape index (κ3) is 4.52. The van der Waals surface area contributed by atoms with Gasteiger partial charge in [-0.1, -0.05) is 0 Å². The first-order valence-electron chi connectivity index (χ1n) is 5.46. The molecule has 1 saturated heterocycles. The monoisotopic (exact) mass is 268 g/mol. The maximum atomic E-state index is 12.1. The Morgan fingerprint density at radius 2 is 2.00 bits per heavy atom. The SMILES string of the molecule is NC(=O)CC1(O)CCCN(C(=O)CC(F)(F)F)C1. The summed E-state index contributed by atoms with van der Waals surface area (Å²) in [5.74, 6) is -1.84. The lowest BCUT2D eigenvalue weighted by Gasteiger charge is -2.38.